The highest BCUT2D eigenvalue weighted by Gasteiger charge is 2.11. The van der Waals surface area contributed by atoms with Crippen molar-refractivity contribution in [3.8, 4) is 5.75 Å². The summed E-state index contributed by atoms with van der Waals surface area (Å²) in [7, 11) is -2.21. The first-order valence-corrected chi connectivity index (χ1v) is 8.43. The van der Waals surface area contributed by atoms with E-state index in [1.54, 1.807) is 18.2 Å². The van der Waals surface area contributed by atoms with Gasteiger partial charge in [-0.05, 0) is 58.4 Å². The second-order valence-corrected chi connectivity index (χ2v) is 6.79. The Labute approximate surface area is 136 Å². The number of primary sulfonamides is 1. The minimum atomic E-state index is -3.75. The van der Waals surface area contributed by atoms with Crippen LogP contribution in [0.2, 0.25) is 0 Å². The molecular formula is C14H13BrN2O4S. The van der Waals surface area contributed by atoms with Crippen molar-refractivity contribution in [1.29, 1.82) is 0 Å². The number of amides is 1. The summed E-state index contributed by atoms with van der Waals surface area (Å²) in [6, 6.07) is 10.5. The Hall–Kier alpha value is -1.90. The van der Waals surface area contributed by atoms with Gasteiger partial charge in [0, 0.05) is 11.3 Å². The van der Waals surface area contributed by atoms with Crippen molar-refractivity contribution in [3.63, 3.8) is 0 Å². The van der Waals surface area contributed by atoms with E-state index in [0.717, 1.165) is 0 Å². The van der Waals surface area contributed by atoms with Gasteiger partial charge in [0.25, 0.3) is 5.91 Å². The smallest absolute Gasteiger partial charge is 0.255 e. The summed E-state index contributed by atoms with van der Waals surface area (Å²) in [4.78, 5) is 12.1. The Morgan fingerprint density at radius 3 is 2.32 bits per heavy atom. The number of halogens is 1. The summed E-state index contributed by atoms with van der Waals surface area (Å²) in [6.07, 6.45) is 0. The van der Waals surface area contributed by atoms with E-state index in [2.05, 4.69) is 21.2 Å². The predicted molar refractivity (Wildman–Crippen MR) is 86.5 cm³/mol. The lowest BCUT2D eigenvalue weighted by Gasteiger charge is -2.08. The zero-order valence-corrected chi connectivity index (χ0v) is 13.9. The molecule has 8 heteroatoms. The molecule has 0 aliphatic rings. The molecule has 0 heterocycles. The van der Waals surface area contributed by atoms with Crippen molar-refractivity contribution >= 4 is 37.5 Å². The van der Waals surface area contributed by atoms with Crippen LogP contribution in [0.1, 0.15) is 10.4 Å². The van der Waals surface area contributed by atoms with Gasteiger partial charge in [0.1, 0.15) is 5.75 Å². The minimum absolute atomic E-state index is 0.0160. The van der Waals surface area contributed by atoms with Crippen LogP contribution in [0, 0.1) is 0 Å². The molecule has 2 aromatic carbocycles. The molecule has 2 aromatic rings. The van der Waals surface area contributed by atoms with Crippen LogP contribution in [0.4, 0.5) is 5.69 Å². The van der Waals surface area contributed by atoms with Crippen molar-refractivity contribution in [3.05, 3.63) is 52.5 Å². The lowest BCUT2D eigenvalue weighted by atomic mass is 10.2. The van der Waals surface area contributed by atoms with Crippen molar-refractivity contribution in [2.45, 2.75) is 4.90 Å². The molecule has 6 nitrogen and oxygen atoms in total. The van der Waals surface area contributed by atoms with E-state index in [1.165, 1.54) is 31.4 Å². The normalized spacial score (nSPS) is 11.0. The van der Waals surface area contributed by atoms with E-state index >= 15 is 0 Å². The van der Waals surface area contributed by atoms with Gasteiger partial charge in [-0.15, -0.1) is 0 Å². The summed E-state index contributed by atoms with van der Waals surface area (Å²) >= 11 is 3.31. The molecule has 0 aliphatic carbocycles. The molecule has 0 aliphatic heterocycles. The van der Waals surface area contributed by atoms with E-state index in [0.29, 0.717) is 21.5 Å². The average Bonchev–Trinajstić information content (AvgIpc) is 2.46. The van der Waals surface area contributed by atoms with Gasteiger partial charge < -0.3 is 10.1 Å². The highest BCUT2D eigenvalue weighted by Crippen LogP contribution is 2.26. The zero-order chi connectivity index (χ0) is 16.3. The Balaban J connectivity index is 2.17. The van der Waals surface area contributed by atoms with Gasteiger partial charge in [-0.1, -0.05) is 0 Å². The lowest BCUT2D eigenvalue weighted by molar-refractivity contribution is 0.102. The number of methoxy groups -OCH3 is 1. The van der Waals surface area contributed by atoms with E-state index in [-0.39, 0.29) is 10.8 Å². The fraction of sp³-hybridized carbons (Fsp3) is 0.0714. The maximum Gasteiger partial charge on any atom is 0.255 e. The number of anilines is 1. The minimum Gasteiger partial charge on any atom is -0.496 e. The highest BCUT2D eigenvalue weighted by molar-refractivity contribution is 9.10. The molecule has 3 N–H and O–H groups in total. The molecule has 0 saturated heterocycles. The first-order valence-electron chi connectivity index (χ1n) is 6.09. The number of carbonyl (C=O) groups excluding carboxylic acids is 1. The maximum atomic E-state index is 12.1. The number of rotatable bonds is 4. The average molecular weight is 385 g/mol. The van der Waals surface area contributed by atoms with E-state index in [1.807, 2.05) is 0 Å². The highest BCUT2D eigenvalue weighted by atomic mass is 79.9. The summed E-state index contributed by atoms with van der Waals surface area (Å²) in [5.41, 5.74) is 0.896. The van der Waals surface area contributed by atoms with Gasteiger partial charge in [0.2, 0.25) is 10.0 Å². The van der Waals surface area contributed by atoms with E-state index in [4.69, 9.17) is 9.88 Å². The van der Waals surface area contributed by atoms with Crippen LogP contribution in [-0.4, -0.2) is 21.4 Å². The third-order valence-electron chi connectivity index (χ3n) is 2.85. The molecule has 0 aromatic heterocycles. The third kappa shape index (κ3) is 3.85. The van der Waals surface area contributed by atoms with Crippen LogP contribution in [-0.2, 0) is 10.0 Å². The lowest BCUT2D eigenvalue weighted by Crippen LogP contribution is -2.14. The number of ether oxygens (including phenoxy) is 1. The molecule has 0 saturated carbocycles. The number of nitrogens with two attached hydrogens (primary N) is 1. The van der Waals surface area contributed by atoms with Crippen LogP contribution in [0.3, 0.4) is 0 Å². The summed E-state index contributed by atoms with van der Waals surface area (Å²) < 4.78 is 28.1. The molecule has 0 unspecified atom stereocenters. The standard InChI is InChI=1S/C14H13BrN2O4S/c1-21-13-7-2-9(8-12(13)15)14(18)17-10-3-5-11(6-4-10)22(16,19)20/h2-8H,1H3,(H,17,18)(H2,16,19,20). The van der Waals surface area contributed by atoms with Crippen molar-refractivity contribution in [2.24, 2.45) is 5.14 Å². The number of hydrogen-bond donors (Lipinski definition) is 2. The molecule has 1 amide bonds. The molecule has 0 radical (unpaired) electrons. The second-order valence-electron chi connectivity index (χ2n) is 4.37. The Morgan fingerprint density at radius 1 is 1.18 bits per heavy atom. The van der Waals surface area contributed by atoms with Crippen LogP contribution in [0.25, 0.3) is 0 Å². The SMILES string of the molecule is COc1ccc(C(=O)Nc2ccc(S(N)(=O)=O)cc2)cc1Br. The van der Waals surface area contributed by atoms with Gasteiger partial charge in [0.15, 0.2) is 0 Å². The Kier molecular flexibility index (Phi) is 4.84. The van der Waals surface area contributed by atoms with Crippen LogP contribution >= 0.6 is 15.9 Å². The van der Waals surface area contributed by atoms with Gasteiger partial charge in [0.05, 0.1) is 16.5 Å². The topological polar surface area (TPSA) is 98.5 Å². The van der Waals surface area contributed by atoms with Crippen LogP contribution in [0.5, 0.6) is 5.75 Å². The maximum absolute atomic E-state index is 12.1. The van der Waals surface area contributed by atoms with Crippen LogP contribution in [0.15, 0.2) is 51.8 Å². The van der Waals surface area contributed by atoms with Gasteiger partial charge in [-0.2, -0.15) is 0 Å². The fourth-order valence-corrected chi connectivity index (χ4v) is 2.79. The monoisotopic (exact) mass is 384 g/mol. The summed E-state index contributed by atoms with van der Waals surface area (Å²) in [6.45, 7) is 0. The quantitative estimate of drug-likeness (QED) is 0.844. The first-order chi connectivity index (χ1) is 10.3. The van der Waals surface area contributed by atoms with Crippen molar-refractivity contribution in [1.82, 2.24) is 0 Å². The van der Waals surface area contributed by atoms with Crippen molar-refractivity contribution in [2.75, 3.05) is 12.4 Å². The number of carbonyl (C=O) groups is 1. The Morgan fingerprint density at radius 2 is 1.82 bits per heavy atom. The van der Waals surface area contributed by atoms with E-state index < -0.39 is 10.0 Å². The molecular weight excluding hydrogens is 372 g/mol. The van der Waals surface area contributed by atoms with Gasteiger partial charge >= 0.3 is 0 Å². The number of nitrogens with one attached hydrogen (secondary N) is 1. The second kappa shape index (κ2) is 6.47. The molecule has 116 valence electrons. The molecule has 2 rings (SSSR count). The van der Waals surface area contributed by atoms with Crippen LogP contribution < -0.4 is 15.2 Å². The Bertz CT molecular complexity index is 804. The number of benzene rings is 2. The molecule has 0 bridgehead atoms. The zero-order valence-electron chi connectivity index (χ0n) is 11.5. The fourth-order valence-electron chi connectivity index (χ4n) is 1.74. The van der Waals surface area contributed by atoms with Gasteiger partial charge in [-0.3, -0.25) is 4.79 Å². The molecule has 0 spiro atoms. The predicted octanol–water partition coefficient (Wildman–Crippen LogP) is 2.36. The largest absolute Gasteiger partial charge is 0.496 e. The van der Waals surface area contributed by atoms with E-state index in [9.17, 15) is 13.2 Å². The summed E-state index contributed by atoms with van der Waals surface area (Å²) in [5, 5.41) is 7.68. The number of sulfonamides is 1. The third-order valence-corrected chi connectivity index (χ3v) is 4.40. The van der Waals surface area contributed by atoms with Crippen molar-refractivity contribution < 1.29 is 17.9 Å². The molecule has 0 atom stereocenters. The summed E-state index contributed by atoms with van der Waals surface area (Å²) in [5.74, 6) is 0.292. The number of hydrogen-bond acceptors (Lipinski definition) is 4. The van der Waals surface area contributed by atoms with Gasteiger partial charge in [-0.25, -0.2) is 13.6 Å². The first kappa shape index (κ1) is 16.5. The molecule has 0 fully saturated rings. The molecule has 22 heavy (non-hydrogen) atoms.